The standard InChI is InChI=1S/C18H22N2O/c1-21-17-7-3-6-16(11-17)20-18(12-19)15-5-2-4-14(10-15)13-8-9-13/h2-7,10-11,13,18,20H,8-9,12,19H2,1H3. The quantitative estimate of drug-likeness (QED) is 0.849. The van der Waals surface area contributed by atoms with Crippen LogP contribution < -0.4 is 15.8 Å². The van der Waals surface area contributed by atoms with Gasteiger partial charge in [0.1, 0.15) is 5.75 Å². The highest BCUT2D eigenvalue weighted by atomic mass is 16.5. The second-order valence-electron chi connectivity index (χ2n) is 5.61. The number of nitrogens with two attached hydrogens (primary N) is 1. The van der Waals surface area contributed by atoms with Crippen molar-refractivity contribution in [3.63, 3.8) is 0 Å². The molecular weight excluding hydrogens is 260 g/mol. The molecule has 1 fully saturated rings. The van der Waals surface area contributed by atoms with Crippen LogP contribution in [0.25, 0.3) is 0 Å². The number of hydrogen-bond acceptors (Lipinski definition) is 3. The predicted octanol–water partition coefficient (Wildman–Crippen LogP) is 3.68. The lowest BCUT2D eigenvalue weighted by Crippen LogP contribution is -2.20. The fourth-order valence-electron chi connectivity index (χ4n) is 2.64. The van der Waals surface area contributed by atoms with E-state index in [1.54, 1.807) is 7.11 Å². The summed E-state index contributed by atoms with van der Waals surface area (Å²) in [7, 11) is 1.68. The van der Waals surface area contributed by atoms with E-state index in [0.29, 0.717) is 6.54 Å². The van der Waals surface area contributed by atoms with Gasteiger partial charge in [0, 0.05) is 18.3 Å². The summed E-state index contributed by atoms with van der Waals surface area (Å²) in [6, 6.07) is 16.9. The van der Waals surface area contributed by atoms with Crippen LogP contribution in [0.1, 0.15) is 35.9 Å². The molecule has 1 saturated carbocycles. The first-order valence-electron chi connectivity index (χ1n) is 7.50. The van der Waals surface area contributed by atoms with Crippen LogP contribution in [0.3, 0.4) is 0 Å². The van der Waals surface area contributed by atoms with Crippen LogP contribution in [-0.2, 0) is 0 Å². The molecule has 0 aliphatic heterocycles. The summed E-state index contributed by atoms with van der Waals surface area (Å²) in [4.78, 5) is 0. The van der Waals surface area contributed by atoms with E-state index in [2.05, 4.69) is 29.6 Å². The van der Waals surface area contributed by atoms with Crippen LogP contribution >= 0.6 is 0 Å². The number of nitrogens with one attached hydrogen (secondary N) is 1. The molecule has 1 atom stereocenters. The van der Waals surface area contributed by atoms with Gasteiger partial charge in [0.05, 0.1) is 13.2 Å². The third kappa shape index (κ3) is 3.37. The second-order valence-corrected chi connectivity index (χ2v) is 5.61. The minimum Gasteiger partial charge on any atom is -0.497 e. The summed E-state index contributed by atoms with van der Waals surface area (Å²) in [5.41, 5.74) is 9.70. The Kier molecular flexibility index (Phi) is 4.11. The van der Waals surface area contributed by atoms with Crippen LogP contribution in [-0.4, -0.2) is 13.7 Å². The largest absolute Gasteiger partial charge is 0.497 e. The maximum atomic E-state index is 5.97. The Balaban J connectivity index is 1.79. The number of hydrogen-bond donors (Lipinski definition) is 2. The second kappa shape index (κ2) is 6.19. The van der Waals surface area contributed by atoms with Crippen LogP contribution in [0, 0.1) is 0 Å². The van der Waals surface area contributed by atoms with Gasteiger partial charge in [-0.1, -0.05) is 30.3 Å². The maximum absolute atomic E-state index is 5.97. The molecular formula is C18H22N2O. The minimum atomic E-state index is 0.121. The van der Waals surface area contributed by atoms with Gasteiger partial charge in [-0.25, -0.2) is 0 Å². The highest BCUT2D eigenvalue weighted by Crippen LogP contribution is 2.40. The molecule has 3 rings (SSSR count). The van der Waals surface area contributed by atoms with Gasteiger partial charge in [-0.15, -0.1) is 0 Å². The predicted molar refractivity (Wildman–Crippen MR) is 86.8 cm³/mol. The summed E-state index contributed by atoms with van der Waals surface area (Å²) >= 11 is 0. The van der Waals surface area contributed by atoms with Crippen LogP contribution in [0.2, 0.25) is 0 Å². The molecule has 1 unspecified atom stereocenters. The van der Waals surface area contributed by atoms with E-state index in [0.717, 1.165) is 17.4 Å². The Morgan fingerprint density at radius 3 is 2.71 bits per heavy atom. The van der Waals surface area contributed by atoms with Gasteiger partial charge in [0.25, 0.3) is 0 Å². The molecule has 2 aromatic rings. The van der Waals surface area contributed by atoms with Gasteiger partial charge in [-0.05, 0) is 42.0 Å². The van der Waals surface area contributed by atoms with Crippen LogP contribution in [0.15, 0.2) is 48.5 Å². The van der Waals surface area contributed by atoms with Gasteiger partial charge < -0.3 is 15.8 Å². The molecule has 3 heteroatoms. The molecule has 1 aliphatic rings. The molecule has 0 amide bonds. The zero-order valence-electron chi connectivity index (χ0n) is 12.4. The molecule has 21 heavy (non-hydrogen) atoms. The fourth-order valence-corrected chi connectivity index (χ4v) is 2.64. The molecule has 3 nitrogen and oxygen atoms in total. The number of benzene rings is 2. The Labute approximate surface area is 126 Å². The number of methoxy groups -OCH3 is 1. The third-order valence-corrected chi connectivity index (χ3v) is 4.01. The maximum Gasteiger partial charge on any atom is 0.120 e. The highest BCUT2D eigenvalue weighted by molar-refractivity contribution is 5.50. The van der Waals surface area contributed by atoms with Gasteiger partial charge in [-0.3, -0.25) is 0 Å². The molecule has 0 spiro atoms. The van der Waals surface area contributed by atoms with E-state index < -0.39 is 0 Å². The van der Waals surface area contributed by atoms with Gasteiger partial charge in [0.15, 0.2) is 0 Å². The van der Waals surface area contributed by atoms with Crippen molar-refractivity contribution in [1.82, 2.24) is 0 Å². The van der Waals surface area contributed by atoms with Gasteiger partial charge >= 0.3 is 0 Å². The van der Waals surface area contributed by atoms with Crippen molar-refractivity contribution in [1.29, 1.82) is 0 Å². The van der Waals surface area contributed by atoms with E-state index >= 15 is 0 Å². The molecule has 0 bridgehead atoms. The van der Waals surface area contributed by atoms with Crippen molar-refractivity contribution in [2.45, 2.75) is 24.8 Å². The zero-order chi connectivity index (χ0) is 14.7. The molecule has 0 aromatic heterocycles. The normalized spacial score (nSPS) is 15.5. The lowest BCUT2D eigenvalue weighted by molar-refractivity contribution is 0.415. The van der Waals surface area contributed by atoms with Crippen molar-refractivity contribution in [3.05, 3.63) is 59.7 Å². The summed E-state index contributed by atoms with van der Waals surface area (Å²) in [5, 5.41) is 3.50. The summed E-state index contributed by atoms with van der Waals surface area (Å²) in [6.07, 6.45) is 2.64. The molecule has 2 aromatic carbocycles. The minimum absolute atomic E-state index is 0.121. The summed E-state index contributed by atoms with van der Waals surface area (Å²) in [5.74, 6) is 1.61. The van der Waals surface area contributed by atoms with E-state index in [9.17, 15) is 0 Å². The smallest absolute Gasteiger partial charge is 0.120 e. The molecule has 0 radical (unpaired) electrons. The van der Waals surface area contributed by atoms with Crippen molar-refractivity contribution >= 4 is 5.69 Å². The topological polar surface area (TPSA) is 47.3 Å². The van der Waals surface area contributed by atoms with Crippen molar-refractivity contribution in [3.8, 4) is 5.75 Å². The number of anilines is 1. The number of ether oxygens (including phenoxy) is 1. The molecule has 110 valence electrons. The van der Waals surface area contributed by atoms with Gasteiger partial charge in [0.2, 0.25) is 0 Å². The average molecular weight is 282 g/mol. The zero-order valence-corrected chi connectivity index (χ0v) is 12.4. The van der Waals surface area contributed by atoms with E-state index in [1.165, 1.54) is 24.0 Å². The SMILES string of the molecule is COc1cccc(NC(CN)c2cccc(C3CC3)c2)c1. The summed E-state index contributed by atoms with van der Waals surface area (Å²) < 4.78 is 5.26. The first-order valence-corrected chi connectivity index (χ1v) is 7.50. The van der Waals surface area contributed by atoms with E-state index in [-0.39, 0.29) is 6.04 Å². The van der Waals surface area contributed by atoms with E-state index in [4.69, 9.17) is 10.5 Å². The molecule has 0 saturated heterocycles. The summed E-state index contributed by atoms with van der Waals surface area (Å²) in [6.45, 7) is 0.561. The lowest BCUT2D eigenvalue weighted by atomic mass is 10.0. The number of rotatable bonds is 6. The third-order valence-electron chi connectivity index (χ3n) is 4.01. The Bertz CT molecular complexity index is 608. The Morgan fingerprint density at radius 1 is 1.19 bits per heavy atom. The van der Waals surface area contributed by atoms with Crippen molar-refractivity contribution in [2.75, 3.05) is 19.0 Å². The molecule has 0 heterocycles. The van der Waals surface area contributed by atoms with Crippen molar-refractivity contribution < 1.29 is 4.74 Å². The van der Waals surface area contributed by atoms with Crippen LogP contribution in [0.5, 0.6) is 5.75 Å². The average Bonchev–Trinajstić information content (AvgIpc) is 3.38. The highest BCUT2D eigenvalue weighted by Gasteiger charge is 2.24. The molecule has 3 N–H and O–H groups in total. The van der Waals surface area contributed by atoms with Crippen molar-refractivity contribution in [2.24, 2.45) is 5.73 Å². The van der Waals surface area contributed by atoms with Crippen LogP contribution in [0.4, 0.5) is 5.69 Å². The Morgan fingerprint density at radius 2 is 2.00 bits per heavy atom. The Hall–Kier alpha value is -2.00. The van der Waals surface area contributed by atoms with E-state index in [1.807, 2.05) is 24.3 Å². The first-order chi connectivity index (χ1) is 10.3. The monoisotopic (exact) mass is 282 g/mol. The lowest BCUT2D eigenvalue weighted by Gasteiger charge is -2.20. The van der Waals surface area contributed by atoms with Gasteiger partial charge in [-0.2, -0.15) is 0 Å². The fraction of sp³-hybridized carbons (Fsp3) is 0.333. The molecule has 1 aliphatic carbocycles. The first kappa shape index (κ1) is 14.0.